The Morgan fingerprint density at radius 3 is 2.50 bits per heavy atom. The zero-order valence-electron chi connectivity index (χ0n) is 9.01. The van der Waals surface area contributed by atoms with Crippen LogP contribution in [-0.2, 0) is 0 Å². The predicted octanol–water partition coefficient (Wildman–Crippen LogP) is 3.97. The van der Waals surface area contributed by atoms with Crippen molar-refractivity contribution in [2.24, 2.45) is 0 Å². The molecule has 1 nitrogen and oxygen atoms in total. The molecule has 16 heavy (non-hydrogen) atoms. The molecule has 0 spiro atoms. The quantitative estimate of drug-likeness (QED) is 0.795. The summed E-state index contributed by atoms with van der Waals surface area (Å²) >= 11 is 1.51. The Hall–Kier alpha value is -0.770. The van der Waals surface area contributed by atoms with Crippen molar-refractivity contribution in [2.45, 2.75) is 42.2 Å². The highest BCUT2D eigenvalue weighted by atomic mass is 32.2. The second kappa shape index (κ2) is 5.04. The van der Waals surface area contributed by atoms with E-state index in [4.69, 9.17) is 5.73 Å². The lowest BCUT2D eigenvalue weighted by Crippen LogP contribution is -2.08. The van der Waals surface area contributed by atoms with Crippen molar-refractivity contribution in [3.05, 3.63) is 23.8 Å². The van der Waals surface area contributed by atoms with E-state index in [1.165, 1.54) is 37.1 Å². The van der Waals surface area contributed by atoms with Gasteiger partial charge in [-0.1, -0.05) is 19.3 Å². The summed E-state index contributed by atoms with van der Waals surface area (Å²) in [5, 5.41) is 0.456. The van der Waals surface area contributed by atoms with Gasteiger partial charge in [0.2, 0.25) is 0 Å². The summed E-state index contributed by atoms with van der Waals surface area (Å²) in [5.74, 6) is -1.21. The Bertz CT molecular complexity index is 376. The van der Waals surface area contributed by atoms with Gasteiger partial charge in [-0.05, 0) is 18.9 Å². The van der Waals surface area contributed by atoms with Gasteiger partial charge in [-0.25, -0.2) is 8.78 Å². The molecule has 2 rings (SSSR count). The molecule has 1 aliphatic rings. The van der Waals surface area contributed by atoms with Gasteiger partial charge in [-0.15, -0.1) is 11.8 Å². The first-order chi connectivity index (χ1) is 7.66. The SMILES string of the molecule is Nc1c(F)cc(F)cc1SC1CCCCC1. The normalized spacial score (nSPS) is 17.6. The van der Waals surface area contributed by atoms with E-state index in [2.05, 4.69) is 0 Å². The van der Waals surface area contributed by atoms with Crippen molar-refractivity contribution in [3.63, 3.8) is 0 Å². The Kier molecular flexibility index (Phi) is 3.69. The molecule has 1 fully saturated rings. The maximum atomic E-state index is 13.2. The zero-order chi connectivity index (χ0) is 11.5. The van der Waals surface area contributed by atoms with Gasteiger partial charge in [0.05, 0.1) is 5.69 Å². The highest BCUT2D eigenvalue weighted by molar-refractivity contribution is 8.00. The lowest BCUT2D eigenvalue weighted by Gasteiger charge is -2.21. The lowest BCUT2D eigenvalue weighted by molar-refractivity contribution is 0.516. The number of benzene rings is 1. The van der Waals surface area contributed by atoms with Gasteiger partial charge >= 0.3 is 0 Å². The fourth-order valence-corrected chi connectivity index (χ4v) is 3.35. The predicted molar refractivity (Wildman–Crippen MR) is 63.5 cm³/mol. The fourth-order valence-electron chi connectivity index (χ4n) is 2.02. The van der Waals surface area contributed by atoms with Gasteiger partial charge in [-0.3, -0.25) is 0 Å². The average molecular weight is 243 g/mol. The minimum atomic E-state index is -0.654. The molecule has 0 atom stereocenters. The number of halogens is 2. The van der Waals surface area contributed by atoms with Crippen LogP contribution in [0.15, 0.2) is 17.0 Å². The van der Waals surface area contributed by atoms with Crippen LogP contribution in [0.5, 0.6) is 0 Å². The molecule has 0 aromatic heterocycles. The van der Waals surface area contributed by atoms with Crippen molar-refractivity contribution >= 4 is 17.4 Å². The van der Waals surface area contributed by atoms with Crippen LogP contribution < -0.4 is 5.73 Å². The molecule has 1 aliphatic carbocycles. The van der Waals surface area contributed by atoms with Crippen LogP contribution >= 0.6 is 11.8 Å². The monoisotopic (exact) mass is 243 g/mol. The second-order valence-corrected chi connectivity index (χ2v) is 5.52. The molecular weight excluding hydrogens is 228 g/mol. The van der Waals surface area contributed by atoms with E-state index in [1.54, 1.807) is 0 Å². The minimum absolute atomic E-state index is 0.0805. The molecule has 1 aromatic rings. The maximum Gasteiger partial charge on any atom is 0.150 e. The molecule has 2 N–H and O–H groups in total. The summed E-state index contributed by atoms with van der Waals surface area (Å²) in [4.78, 5) is 0.546. The van der Waals surface area contributed by atoms with Crippen molar-refractivity contribution in [1.29, 1.82) is 0 Å². The van der Waals surface area contributed by atoms with Crippen molar-refractivity contribution in [1.82, 2.24) is 0 Å². The van der Waals surface area contributed by atoms with Gasteiger partial charge in [0.15, 0.2) is 0 Å². The molecule has 0 saturated heterocycles. The third-order valence-corrected chi connectivity index (χ3v) is 4.30. The van der Waals surface area contributed by atoms with Crippen LogP contribution in [0.25, 0.3) is 0 Å². The molecule has 0 amide bonds. The van der Waals surface area contributed by atoms with E-state index in [1.807, 2.05) is 0 Å². The van der Waals surface area contributed by atoms with Gasteiger partial charge in [0.25, 0.3) is 0 Å². The van der Waals surface area contributed by atoms with Crippen molar-refractivity contribution < 1.29 is 8.78 Å². The number of rotatable bonds is 2. The van der Waals surface area contributed by atoms with Crippen LogP contribution in [0.1, 0.15) is 32.1 Å². The van der Waals surface area contributed by atoms with Crippen LogP contribution in [0.2, 0.25) is 0 Å². The van der Waals surface area contributed by atoms with Crippen LogP contribution in [0.3, 0.4) is 0 Å². The van der Waals surface area contributed by atoms with E-state index < -0.39 is 11.6 Å². The first-order valence-electron chi connectivity index (χ1n) is 5.58. The summed E-state index contributed by atoms with van der Waals surface area (Å²) in [6.07, 6.45) is 5.90. The maximum absolute atomic E-state index is 13.2. The third kappa shape index (κ3) is 2.67. The zero-order valence-corrected chi connectivity index (χ0v) is 9.83. The molecule has 1 aromatic carbocycles. The van der Waals surface area contributed by atoms with Crippen LogP contribution in [-0.4, -0.2) is 5.25 Å². The standard InChI is InChI=1S/C12H15F2NS/c13-8-6-10(14)12(15)11(7-8)16-9-4-2-1-3-5-9/h6-7,9H,1-5,15H2. The van der Waals surface area contributed by atoms with E-state index in [-0.39, 0.29) is 5.69 Å². The van der Waals surface area contributed by atoms with Crippen LogP contribution in [0, 0.1) is 11.6 Å². The summed E-state index contributed by atoms with van der Waals surface area (Å²) in [5.41, 5.74) is 5.69. The van der Waals surface area contributed by atoms with Crippen molar-refractivity contribution in [2.75, 3.05) is 5.73 Å². The number of nitrogen functional groups attached to an aromatic ring is 1. The topological polar surface area (TPSA) is 26.0 Å². The summed E-state index contributed by atoms with van der Waals surface area (Å²) in [6.45, 7) is 0. The van der Waals surface area contributed by atoms with E-state index >= 15 is 0 Å². The molecule has 1 saturated carbocycles. The van der Waals surface area contributed by atoms with E-state index in [0.29, 0.717) is 10.1 Å². The summed E-state index contributed by atoms with van der Waals surface area (Å²) in [6, 6.07) is 2.16. The first kappa shape index (κ1) is 11.7. The number of hydrogen-bond donors (Lipinski definition) is 1. The molecule has 4 heteroatoms. The van der Waals surface area contributed by atoms with Gasteiger partial charge in [0.1, 0.15) is 11.6 Å². The Morgan fingerprint density at radius 2 is 1.81 bits per heavy atom. The molecule has 88 valence electrons. The third-order valence-electron chi connectivity index (χ3n) is 2.90. The Balaban J connectivity index is 2.13. The average Bonchev–Trinajstić information content (AvgIpc) is 2.27. The van der Waals surface area contributed by atoms with Gasteiger partial charge in [-0.2, -0.15) is 0 Å². The molecular formula is C12H15F2NS. The number of nitrogens with two attached hydrogens (primary N) is 1. The first-order valence-corrected chi connectivity index (χ1v) is 6.46. The molecule has 0 heterocycles. The largest absolute Gasteiger partial charge is 0.395 e. The van der Waals surface area contributed by atoms with Gasteiger partial charge < -0.3 is 5.73 Å². The lowest BCUT2D eigenvalue weighted by atomic mass is 10.0. The van der Waals surface area contributed by atoms with E-state index in [0.717, 1.165) is 18.9 Å². The molecule has 0 aliphatic heterocycles. The van der Waals surface area contributed by atoms with Gasteiger partial charge in [0, 0.05) is 16.2 Å². The molecule has 0 bridgehead atoms. The summed E-state index contributed by atoms with van der Waals surface area (Å²) < 4.78 is 26.3. The van der Waals surface area contributed by atoms with E-state index in [9.17, 15) is 8.78 Å². The van der Waals surface area contributed by atoms with Crippen molar-refractivity contribution in [3.8, 4) is 0 Å². The molecule has 0 radical (unpaired) electrons. The highest BCUT2D eigenvalue weighted by Gasteiger charge is 2.17. The highest BCUT2D eigenvalue weighted by Crippen LogP contribution is 2.37. The Labute approximate surface area is 98.4 Å². The Morgan fingerprint density at radius 1 is 1.12 bits per heavy atom. The second-order valence-electron chi connectivity index (χ2n) is 4.18. The number of hydrogen-bond acceptors (Lipinski definition) is 2. The minimum Gasteiger partial charge on any atom is -0.395 e. The van der Waals surface area contributed by atoms with Crippen LogP contribution in [0.4, 0.5) is 14.5 Å². The number of anilines is 1. The fraction of sp³-hybridized carbons (Fsp3) is 0.500. The summed E-state index contributed by atoms with van der Waals surface area (Å²) in [7, 11) is 0. The molecule has 0 unspecified atom stereocenters. The number of thioether (sulfide) groups is 1. The smallest absolute Gasteiger partial charge is 0.150 e.